The molecule has 2 fully saturated rings. The third kappa shape index (κ3) is 3.45. The highest BCUT2D eigenvalue weighted by atomic mass is 19.1. The van der Waals surface area contributed by atoms with Crippen molar-refractivity contribution in [1.29, 1.82) is 0 Å². The van der Waals surface area contributed by atoms with Gasteiger partial charge in [0.2, 0.25) is 0 Å². The van der Waals surface area contributed by atoms with E-state index in [1.165, 1.54) is 37.8 Å². The van der Waals surface area contributed by atoms with Crippen molar-refractivity contribution >= 4 is 6.08 Å². The van der Waals surface area contributed by atoms with Gasteiger partial charge in [-0.25, -0.2) is 4.39 Å². The molecular weight excluding hydrogens is 325 g/mol. The van der Waals surface area contributed by atoms with Crippen LogP contribution in [0.15, 0.2) is 48.7 Å². The molecule has 3 heteroatoms. The highest BCUT2D eigenvalue weighted by Gasteiger charge is 2.48. The zero-order valence-corrected chi connectivity index (χ0v) is 15.2. The summed E-state index contributed by atoms with van der Waals surface area (Å²) in [5.41, 5.74) is 2.00. The first kappa shape index (κ1) is 17.4. The third-order valence-electron chi connectivity index (χ3n) is 6.24. The molecule has 136 valence electrons. The number of hydrogen-bond donors (Lipinski definition) is 1. The number of fused-ring (bicyclic) bond motifs is 1. The predicted octanol–water partition coefficient (Wildman–Crippen LogP) is 5.48. The van der Waals surface area contributed by atoms with Gasteiger partial charge in [0.15, 0.2) is 0 Å². The van der Waals surface area contributed by atoms with E-state index < -0.39 is 5.60 Å². The number of hydrogen-bond acceptors (Lipinski definition) is 2. The minimum atomic E-state index is -0.613. The van der Waals surface area contributed by atoms with Crippen LogP contribution in [0.25, 0.3) is 17.2 Å². The van der Waals surface area contributed by atoms with Gasteiger partial charge < -0.3 is 5.11 Å². The van der Waals surface area contributed by atoms with E-state index in [1.807, 2.05) is 31.2 Å². The Morgan fingerprint density at radius 1 is 1.15 bits per heavy atom. The Morgan fingerprint density at radius 3 is 2.77 bits per heavy atom. The van der Waals surface area contributed by atoms with Gasteiger partial charge in [0.05, 0.1) is 11.3 Å². The minimum Gasteiger partial charge on any atom is -0.390 e. The van der Waals surface area contributed by atoms with E-state index in [9.17, 15) is 9.50 Å². The molecule has 2 saturated carbocycles. The van der Waals surface area contributed by atoms with Gasteiger partial charge in [-0.05, 0) is 61.4 Å². The number of aliphatic hydroxyl groups is 1. The second kappa shape index (κ2) is 6.96. The first-order chi connectivity index (χ1) is 12.5. The Morgan fingerprint density at radius 2 is 2.00 bits per heavy atom. The number of rotatable bonds is 3. The molecule has 0 bridgehead atoms. The maximum absolute atomic E-state index is 13.4. The SMILES string of the molecule is C[C@]1(O)C[C@H]2CCCC[C@H]2[C@@H]1C=Cc1ccc(-c2cccc(F)c2)cn1. The lowest BCUT2D eigenvalue weighted by molar-refractivity contribution is 0.0297. The number of aromatic nitrogens is 1. The first-order valence-corrected chi connectivity index (χ1v) is 9.65. The number of nitrogens with zero attached hydrogens (tertiary/aromatic N) is 1. The van der Waals surface area contributed by atoms with Crippen molar-refractivity contribution in [3.63, 3.8) is 0 Å². The lowest BCUT2D eigenvalue weighted by Crippen LogP contribution is -2.30. The predicted molar refractivity (Wildman–Crippen MR) is 103 cm³/mol. The topological polar surface area (TPSA) is 33.1 Å². The lowest BCUT2D eigenvalue weighted by atomic mass is 9.77. The quantitative estimate of drug-likeness (QED) is 0.794. The fraction of sp³-hybridized carbons (Fsp3) is 0.435. The summed E-state index contributed by atoms with van der Waals surface area (Å²) >= 11 is 0. The molecule has 0 radical (unpaired) electrons. The van der Waals surface area contributed by atoms with Crippen molar-refractivity contribution in [2.75, 3.05) is 0 Å². The Hall–Kier alpha value is -2.00. The van der Waals surface area contributed by atoms with Crippen molar-refractivity contribution in [3.05, 3.63) is 60.2 Å². The molecule has 2 aromatic rings. The van der Waals surface area contributed by atoms with Crippen LogP contribution in [0.1, 0.15) is 44.7 Å². The van der Waals surface area contributed by atoms with E-state index in [0.29, 0.717) is 11.8 Å². The molecular formula is C23H26FNO. The molecule has 0 spiro atoms. The van der Waals surface area contributed by atoms with Gasteiger partial charge >= 0.3 is 0 Å². The van der Waals surface area contributed by atoms with E-state index in [-0.39, 0.29) is 11.7 Å². The summed E-state index contributed by atoms with van der Waals surface area (Å²) in [6, 6.07) is 10.5. The summed E-state index contributed by atoms with van der Waals surface area (Å²) in [7, 11) is 0. The van der Waals surface area contributed by atoms with Crippen molar-refractivity contribution in [1.82, 2.24) is 4.98 Å². The Labute approximate surface area is 154 Å². The summed E-state index contributed by atoms with van der Waals surface area (Å²) < 4.78 is 13.4. The lowest BCUT2D eigenvalue weighted by Gasteiger charge is -2.29. The summed E-state index contributed by atoms with van der Waals surface area (Å²) in [6.07, 6.45) is 12.0. The summed E-state index contributed by atoms with van der Waals surface area (Å²) in [5.74, 6) is 1.23. The number of pyridine rings is 1. The Bertz CT molecular complexity index is 796. The summed E-state index contributed by atoms with van der Waals surface area (Å²) in [5, 5.41) is 10.9. The van der Waals surface area contributed by atoms with Crippen LogP contribution in [0.3, 0.4) is 0 Å². The van der Waals surface area contributed by atoms with Crippen LogP contribution in [0.5, 0.6) is 0 Å². The fourth-order valence-corrected chi connectivity index (χ4v) is 4.99. The molecule has 1 heterocycles. The molecule has 1 aromatic carbocycles. The van der Waals surface area contributed by atoms with Crippen LogP contribution in [0.2, 0.25) is 0 Å². The third-order valence-corrected chi connectivity index (χ3v) is 6.24. The molecule has 0 unspecified atom stereocenters. The van der Waals surface area contributed by atoms with Crippen LogP contribution in [0, 0.1) is 23.6 Å². The number of benzene rings is 1. The smallest absolute Gasteiger partial charge is 0.123 e. The second-order valence-electron chi connectivity index (χ2n) is 8.14. The largest absolute Gasteiger partial charge is 0.390 e. The highest BCUT2D eigenvalue weighted by molar-refractivity contribution is 5.63. The molecule has 4 atom stereocenters. The first-order valence-electron chi connectivity index (χ1n) is 9.65. The van der Waals surface area contributed by atoms with Crippen LogP contribution >= 0.6 is 0 Å². The second-order valence-corrected chi connectivity index (χ2v) is 8.14. The van der Waals surface area contributed by atoms with E-state index >= 15 is 0 Å². The molecule has 1 N–H and O–H groups in total. The standard InChI is InChI=1S/C23H26FNO/c1-23(26)14-17-5-2-3-8-21(17)22(23)12-11-20-10-9-18(15-25-20)16-6-4-7-19(24)13-16/h4,6-7,9-13,15,17,21-22,26H,2-3,5,8,14H2,1H3/t17-,21-,22+,23+/m1/s1. The van der Waals surface area contributed by atoms with Crippen molar-refractivity contribution in [2.45, 2.75) is 44.6 Å². The van der Waals surface area contributed by atoms with Gasteiger partial charge in [0.1, 0.15) is 5.82 Å². The zero-order chi connectivity index (χ0) is 18.1. The van der Waals surface area contributed by atoms with Crippen molar-refractivity contribution < 1.29 is 9.50 Å². The number of halogens is 1. The van der Waals surface area contributed by atoms with Gasteiger partial charge in [-0.2, -0.15) is 0 Å². The maximum atomic E-state index is 13.4. The van der Waals surface area contributed by atoms with Gasteiger partial charge in [0.25, 0.3) is 0 Å². The fourth-order valence-electron chi connectivity index (χ4n) is 4.99. The van der Waals surface area contributed by atoms with Crippen molar-refractivity contribution in [2.24, 2.45) is 17.8 Å². The van der Waals surface area contributed by atoms with Crippen LogP contribution in [0.4, 0.5) is 4.39 Å². The minimum absolute atomic E-state index is 0.206. The molecule has 2 aliphatic rings. The molecule has 1 aromatic heterocycles. The van der Waals surface area contributed by atoms with E-state index in [0.717, 1.165) is 23.2 Å². The van der Waals surface area contributed by atoms with Gasteiger partial charge in [-0.3, -0.25) is 4.98 Å². The average Bonchev–Trinajstić information content (AvgIpc) is 2.89. The van der Waals surface area contributed by atoms with Crippen LogP contribution in [-0.4, -0.2) is 15.7 Å². The molecule has 26 heavy (non-hydrogen) atoms. The van der Waals surface area contributed by atoms with Gasteiger partial charge in [-0.1, -0.05) is 43.5 Å². The molecule has 0 aliphatic heterocycles. The molecule has 0 saturated heterocycles. The van der Waals surface area contributed by atoms with Gasteiger partial charge in [0, 0.05) is 17.7 Å². The zero-order valence-electron chi connectivity index (χ0n) is 15.2. The molecule has 4 rings (SSSR count). The van der Waals surface area contributed by atoms with Crippen molar-refractivity contribution in [3.8, 4) is 11.1 Å². The van der Waals surface area contributed by atoms with Crippen LogP contribution < -0.4 is 0 Å². The normalized spacial score (nSPS) is 31.3. The van der Waals surface area contributed by atoms with E-state index in [4.69, 9.17) is 0 Å². The molecule has 2 nitrogen and oxygen atoms in total. The van der Waals surface area contributed by atoms with Crippen LogP contribution in [-0.2, 0) is 0 Å². The Balaban J connectivity index is 1.51. The van der Waals surface area contributed by atoms with E-state index in [1.54, 1.807) is 12.3 Å². The highest BCUT2D eigenvalue weighted by Crippen LogP contribution is 2.51. The average molecular weight is 351 g/mol. The van der Waals surface area contributed by atoms with E-state index in [2.05, 4.69) is 11.1 Å². The Kier molecular flexibility index (Phi) is 4.66. The molecule has 2 aliphatic carbocycles. The summed E-state index contributed by atoms with van der Waals surface area (Å²) in [4.78, 5) is 4.51. The monoisotopic (exact) mass is 351 g/mol. The van der Waals surface area contributed by atoms with Gasteiger partial charge in [-0.15, -0.1) is 0 Å². The molecule has 0 amide bonds. The maximum Gasteiger partial charge on any atom is 0.123 e. The summed E-state index contributed by atoms with van der Waals surface area (Å²) in [6.45, 7) is 1.99.